The highest BCUT2D eigenvalue weighted by atomic mass is 32.2. The Morgan fingerprint density at radius 3 is 2.17 bits per heavy atom. The summed E-state index contributed by atoms with van der Waals surface area (Å²) < 4.78 is 28.9. The largest absolute Gasteiger partial charge is 0.381 e. The van der Waals surface area contributed by atoms with Crippen LogP contribution in [0.3, 0.4) is 0 Å². The van der Waals surface area contributed by atoms with Crippen molar-refractivity contribution in [3.05, 3.63) is 23.3 Å². The van der Waals surface area contributed by atoms with Crippen LogP contribution in [0, 0.1) is 50.2 Å². The summed E-state index contributed by atoms with van der Waals surface area (Å²) >= 11 is 0. The first kappa shape index (κ1) is 30.6. The monoisotopic (exact) mass is 584 g/mol. The standard InChI is InChI=1S/C33H48N2O5S/c1-20(2)41(39,40)35-29(6)14-12-28(5)13-15-32(9)31(8)11-10-22-27(3,4)26(37)21(19-34)17-30(22,7)23(31)16-25(36)33(32,38)24(28)18-29/h16-17,20,22,24,35,38H,10-15,18H2,1-9H3/t22-,24+,28-,29-,30-,31+,32-,33+/m0/s1. The molecule has 3 fully saturated rings. The minimum absolute atomic E-state index is 0.0706. The Bertz CT molecular complexity index is 1440. The predicted molar refractivity (Wildman–Crippen MR) is 158 cm³/mol. The van der Waals surface area contributed by atoms with Crippen LogP contribution in [0.2, 0.25) is 0 Å². The van der Waals surface area contributed by atoms with Gasteiger partial charge in [-0.15, -0.1) is 0 Å². The molecule has 0 unspecified atom stereocenters. The molecule has 0 amide bonds. The third-order valence-corrected chi connectivity index (χ3v) is 15.3. The molecular formula is C33H48N2O5S. The number of nitriles is 1. The zero-order chi connectivity index (χ0) is 30.8. The number of nitrogens with one attached hydrogen (secondary N) is 1. The van der Waals surface area contributed by atoms with Crippen molar-refractivity contribution in [2.24, 2.45) is 38.9 Å². The van der Waals surface area contributed by atoms with Gasteiger partial charge in [0.05, 0.1) is 10.8 Å². The summed E-state index contributed by atoms with van der Waals surface area (Å²) in [6.07, 6.45) is 8.19. The summed E-state index contributed by atoms with van der Waals surface area (Å²) in [5, 5.41) is 22.3. The Kier molecular flexibility index (Phi) is 6.45. The van der Waals surface area contributed by atoms with Crippen LogP contribution in [0.15, 0.2) is 23.3 Å². The molecule has 5 aliphatic carbocycles. The minimum atomic E-state index is -3.56. The van der Waals surface area contributed by atoms with E-state index in [1.807, 2.05) is 20.8 Å². The molecule has 3 saturated carbocycles. The van der Waals surface area contributed by atoms with Crippen LogP contribution in [-0.4, -0.2) is 41.5 Å². The third kappa shape index (κ3) is 3.70. The molecule has 0 heterocycles. The lowest BCUT2D eigenvalue weighted by Crippen LogP contribution is -2.74. The number of rotatable bonds is 3. The summed E-state index contributed by atoms with van der Waals surface area (Å²) in [6.45, 7) is 17.5. The van der Waals surface area contributed by atoms with Crippen LogP contribution < -0.4 is 4.72 Å². The van der Waals surface area contributed by atoms with E-state index in [2.05, 4.69) is 38.5 Å². The number of allylic oxidation sites excluding steroid dienone is 3. The Morgan fingerprint density at radius 1 is 0.976 bits per heavy atom. The van der Waals surface area contributed by atoms with Crippen LogP contribution in [0.25, 0.3) is 0 Å². The average Bonchev–Trinajstić information content (AvgIpc) is 2.86. The van der Waals surface area contributed by atoms with Crippen molar-refractivity contribution in [3.8, 4) is 6.07 Å². The summed E-state index contributed by atoms with van der Waals surface area (Å²) in [5.41, 5.74) is -4.46. The third-order valence-electron chi connectivity index (χ3n) is 13.3. The highest BCUT2D eigenvalue weighted by Crippen LogP contribution is 2.75. The Balaban J connectivity index is 1.67. The molecule has 7 nitrogen and oxygen atoms in total. The molecule has 0 bridgehead atoms. The molecule has 0 spiro atoms. The minimum Gasteiger partial charge on any atom is -0.381 e. The highest BCUT2D eigenvalue weighted by molar-refractivity contribution is 7.90. The van der Waals surface area contributed by atoms with Crippen LogP contribution in [-0.2, 0) is 19.6 Å². The van der Waals surface area contributed by atoms with Gasteiger partial charge < -0.3 is 5.11 Å². The van der Waals surface area contributed by atoms with Crippen molar-refractivity contribution in [2.75, 3.05) is 0 Å². The quantitative estimate of drug-likeness (QED) is 0.458. The molecule has 0 aromatic rings. The van der Waals surface area contributed by atoms with Gasteiger partial charge in [-0.05, 0) is 94.1 Å². The fraction of sp³-hybridized carbons (Fsp3) is 0.788. The zero-order valence-corrected chi connectivity index (χ0v) is 27.1. The molecule has 5 aliphatic rings. The molecule has 5 rings (SSSR count). The summed E-state index contributed by atoms with van der Waals surface area (Å²) in [4.78, 5) is 27.8. The first-order valence-corrected chi connectivity index (χ1v) is 16.8. The number of fused-ring (bicyclic) bond motifs is 7. The summed E-state index contributed by atoms with van der Waals surface area (Å²) in [7, 11) is -3.56. The van der Waals surface area contributed by atoms with Gasteiger partial charge in [0.15, 0.2) is 11.6 Å². The number of sulfonamides is 1. The SMILES string of the molecule is CC(C)S(=O)(=O)N[C@@]1(C)CC[C@@]2(C)CC[C@@]3(C)[C@]4(C)CC[C@H]5C(C)(C)C(=O)C(C#N)=C[C@]5(C)C4=CC(=O)[C@]3(O)[C@@H]2C1. The van der Waals surface area contributed by atoms with E-state index in [9.17, 15) is 28.4 Å². The number of hydrogen-bond acceptors (Lipinski definition) is 6. The van der Waals surface area contributed by atoms with Gasteiger partial charge in [0.1, 0.15) is 11.7 Å². The van der Waals surface area contributed by atoms with Crippen molar-refractivity contribution in [1.29, 1.82) is 5.26 Å². The van der Waals surface area contributed by atoms with Crippen molar-refractivity contribution >= 4 is 21.6 Å². The van der Waals surface area contributed by atoms with Gasteiger partial charge in [-0.3, -0.25) is 9.59 Å². The Hall–Kier alpha value is -1.82. The molecule has 41 heavy (non-hydrogen) atoms. The lowest BCUT2D eigenvalue weighted by molar-refractivity contribution is -0.239. The molecule has 0 aliphatic heterocycles. The molecule has 226 valence electrons. The maximum atomic E-state index is 14.5. The molecule has 0 aromatic heterocycles. The summed E-state index contributed by atoms with van der Waals surface area (Å²) in [5.74, 6) is -0.957. The second-order valence-electron chi connectivity index (χ2n) is 16.1. The molecule has 0 aromatic carbocycles. The Labute approximate surface area is 246 Å². The number of nitrogens with zero attached hydrogens (tertiary/aromatic N) is 1. The molecule has 0 radical (unpaired) electrons. The number of aliphatic hydroxyl groups is 1. The van der Waals surface area contributed by atoms with E-state index in [0.717, 1.165) is 31.3 Å². The Morgan fingerprint density at radius 2 is 1.59 bits per heavy atom. The van der Waals surface area contributed by atoms with Crippen LogP contribution in [0.5, 0.6) is 0 Å². The number of carbonyl (C=O) groups excluding carboxylic acids is 2. The van der Waals surface area contributed by atoms with Gasteiger partial charge >= 0.3 is 0 Å². The molecule has 0 saturated heterocycles. The van der Waals surface area contributed by atoms with E-state index in [0.29, 0.717) is 19.3 Å². The number of hydrogen-bond donors (Lipinski definition) is 2. The number of Topliss-reactive ketones (excluding diaryl/α,β-unsaturated/α-hetero) is 1. The van der Waals surface area contributed by atoms with E-state index in [-0.39, 0.29) is 28.5 Å². The molecule has 2 N–H and O–H groups in total. The van der Waals surface area contributed by atoms with Crippen molar-refractivity contribution in [1.82, 2.24) is 4.72 Å². The topological polar surface area (TPSA) is 124 Å². The zero-order valence-electron chi connectivity index (χ0n) is 26.3. The average molecular weight is 585 g/mol. The van der Waals surface area contributed by atoms with E-state index >= 15 is 0 Å². The van der Waals surface area contributed by atoms with Gasteiger partial charge in [0.25, 0.3) is 0 Å². The number of ketones is 2. The van der Waals surface area contributed by atoms with Crippen molar-refractivity contribution in [3.63, 3.8) is 0 Å². The first-order chi connectivity index (χ1) is 18.6. The molecular weight excluding hydrogens is 536 g/mol. The predicted octanol–water partition coefficient (Wildman–Crippen LogP) is 5.40. The first-order valence-electron chi connectivity index (χ1n) is 15.3. The van der Waals surface area contributed by atoms with E-state index in [1.165, 1.54) is 0 Å². The van der Waals surface area contributed by atoms with E-state index < -0.39 is 54.0 Å². The lowest BCUT2D eigenvalue weighted by Gasteiger charge is -2.71. The van der Waals surface area contributed by atoms with E-state index in [1.54, 1.807) is 26.0 Å². The van der Waals surface area contributed by atoms with Gasteiger partial charge in [-0.2, -0.15) is 5.26 Å². The van der Waals surface area contributed by atoms with Crippen molar-refractivity contribution in [2.45, 2.75) is 124 Å². The van der Waals surface area contributed by atoms with Gasteiger partial charge in [0, 0.05) is 27.7 Å². The van der Waals surface area contributed by atoms with Crippen molar-refractivity contribution < 1.29 is 23.1 Å². The summed E-state index contributed by atoms with van der Waals surface area (Å²) in [6, 6.07) is 2.13. The van der Waals surface area contributed by atoms with Crippen LogP contribution in [0.1, 0.15) is 107 Å². The maximum Gasteiger partial charge on any atom is 0.214 e. The number of carbonyl (C=O) groups is 2. The van der Waals surface area contributed by atoms with Gasteiger partial charge in [0.2, 0.25) is 10.0 Å². The smallest absolute Gasteiger partial charge is 0.214 e. The maximum absolute atomic E-state index is 14.5. The molecule has 8 heteroatoms. The second-order valence-corrected chi connectivity index (χ2v) is 18.4. The van der Waals surface area contributed by atoms with Gasteiger partial charge in [-0.25, -0.2) is 13.1 Å². The van der Waals surface area contributed by atoms with Crippen LogP contribution >= 0.6 is 0 Å². The highest BCUT2D eigenvalue weighted by Gasteiger charge is 2.75. The second kappa shape index (κ2) is 8.64. The fourth-order valence-corrected chi connectivity index (χ4v) is 11.4. The van der Waals surface area contributed by atoms with Crippen LogP contribution in [0.4, 0.5) is 0 Å². The lowest BCUT2D eigenvalue weighted by atomic mass is 9.33. The van der Waals surface area contributed by atoms with E-state index in [4.69, 9.17) is 0 Å². The van der Waals surface area contributed by atoms with Gasteiger partial charge in [-0.1, -0.05) is 47.6 Å². The molecule has 8 atom stereocenters. The fourth-order valence-electron chi connectivity index (χ4n) is 10.3. The normalized spacial score (nSPS) is 47.3.